The number of halogens is 3. The van der Waals surface area contributed by atoms with Crippen LogP contribution in [0.15, 0.2) is 54.6 Å². The summed E-state index contributed by atoms with van der Waals surface area (Å²) >= 11 is 0. The van der Waals surface area contributed by atoms with E-state index in [1.807, 2.05) is 37.3 Å². The van der Waals surface area contributed by atoms with E-state index in [1.165, 1.54) is 21.9 Å². The third-order valence-electron chi connectivity index (χ3n) is 5.35. The van der Waals surface area contributed by atoms with E-state index in [-0.39, 0.29) is 11.9 Å². The molecule has 0 bridgehead atoms. The second kappa shape index (κ2) is 8.75. The molecule has 0 spiro atoms. The number of carbonyl (C=O) groups excluding carboxylic acids is 1. The molecule has 1 heterocycles. The summed E-state index contributed by atoms with van der Waals surface area (Å²) in [5.74, 6) is -0.0115. The first-order chi connectivity index (χ1) is 13.3. The summed E-state index contributed by atoms with van der Waals surface area (Å²) in [7, 11) is 0. The number of amides is 1. The fourth-order valence-corrected chi connectivity index (χ4v) is 3.64. The van der Waals surface area contributed by atoms with Gasteiger partial charge in [0.1, 0.15) is 32.7 Å². The Hall–Kier alpha value is -2.38. The van der Waals surface area contributed by atoms with Gasteiger partial charge >= 0.3 is 6.18 Å². The first kappa shape index (κ1) is 20.4. The quantitative estimate of drug-likeness (QED) is 0.697. The Kier molecular flexibility index (Phi) is 6.36. The number of quaternary nitrogens is 2. The van der Waals surface area contributed by atoms with Crippen molar-refractivity contribution >= 4 is 11.6 Å². The molecule has 0 saturated carbocycles. The molecule has 2 aromatic rings. The number of alkyl halides is 3. The predicted molar refractivity (Wildman–Crippen MR) is 101 cm³/mol. The lowest BCUT2D eigenvalue weighted by Gasteiger charge is -2.32. The standard InChI is InChI=1S/C21H24F3N3O/c1-16(20(28)25-19-8-3-2-4-9-19)27-12-10-26(11-13-27)15-17-6-5-7-18(14-17)21(22,23)24/h2-9,14,16H,10-13,15H2,1H3,(H,25,28)/p+2/t16-/m0/s1. The number of benzene rings is 2. The maximum absolute atomic E-state index is 12.9. The molecule has 0 aliphatic carbocycles. The van der Waals surface area contributed by atoms with E-state index >= 15 is 0 Å². The van der Waals surface area contributed by atoms with Crippen molar-refractivity contribution in [2.75, 3.05) is 31.5 Å². The zero-order valence-corrected chi connectivity index (χ0v) is 15.9. The molecule has 0 unspecified atom stereocenters. The van der Waals surface area contributed by atoms with Crippen LogP contribution in [0.2, 0.25) is 0 Å². The number of anilines is 1. The third-order valence-corrected chi connectivity index (χ3v) is 5.35. The largest absolute Gasteiger partial charge is 0.416 e. The third kappa shape index (κ3) is 5.33. The van der Waals surface area contributed by atoms with Crippen molar-refractivity contribution in [3.8, 4) is 0 Å². The number of hydrogen-bond donors (Lipinski definition) is 3. The van der Waals surface area contributed by atoms with Gasteiger partial charge in [0.05, 0.1) is 5.56 Å². The number of nitrogens with one attached hydrogen (secondary N) is 3. The summed E-state index contributed by atoms with van der Waals surface area (Å²) in [6.07, 6.45) is -4.31. The van der Waals surface area contributed by atoms with Gasteiger partial charge < -0.3 is 15.1 Å². The summed E-state index contributed by atoms with van der Waals surface area (Å²) in [5.41, 5.74) is 0.885. The molecule has 3 N–H and O–H groups in total. The van der Waals surface area contributed by atoms with Crippen LogP contribution in [0.4, 0.5) is 18.9 Å². The van der Waals surface area contributed by atoms with Gasteiger partial charge in [0.15, 0.2) is 6.04 Å². The van der Waals surface area contributed by atoms with Crippen LogP contribution in [0.1, 0.15) is 18.1 Å². The Morgan fingerprint density at radius 2 is 1.71 bits per heavy atom. The zero-order valence-electron chi connectivity index (χ0n) is 15.9. The summed E-state index contributed by atoms with van der Waals surface area (Å²) in [4.78, 5) is 14.9. The Balaban J connectivity index is 1.51. The van der Waals surface area contributed by atoms with Crippen LogP contribution in [-0.4, -0.2) is 38.1 Å². The first-order valence-corrected chi connectivity index (χ1v) is 9.53. The second-order valence-corrected chi connectivity index (χ2v) is 7.36. The van der Waals surface area contributed by atoms with Crippen molar-refractivity contribution in [1.29, 1.82) is 0 Å². The number of carbonyl (C=O) groups is 1. The van der Waals surface area contributed by atoms with Gasteiger partial charge in [0.25, 0.3) is 5.91 Å². The molecule has 7 heteroatoms. The number of piperazine rings is 1. The SMILES string of the molecule is C[C@@H](C(=O)Nc1ccccc1)[NH+]1CC[NH+](Cc2cccc(C(F)(F)F)c2)CC1. The molecule has 1 atom stereocenters. The van der Waals surface area contributed by atoms with Crippen molar-refractivity contribution in [2.24, 2.45) is 0 Å². The first-order valence-electron chi connectivity index (χ1n) is 9.53. The van der Waals surface area contributed by atoms with Crippen LogP contribution in [0.5, 0.6) is 0 Å². The Bertz CT molecular complexity index is 787. The fraction of sp³-hybridized carbons (Fsp3) is 0.381. The highest BCUT2D eigenvalue weighted by Crippen LogP contribution is 2.29. The molecule has 28 heavy (non-hydrogen) atoms. The molecular formula is C21H26F3N3O+2. The van der Waals surface area contributed by atoms with Gasteiger partial charge in [0.2, 0.25) is 0 Å². The average Bonchev–Trinajstić information content (AvgIpc) is 2.68. The summed E-state index contributed by atoms with van der Waals surface area (Å²) < 4.78 is 38.6. The Morgan fingerprint density at radius 1 is 1.04 bits per heavy atom. The second-order valence-electron chi connectivity index (χ2n) is 7.36. The van der Waals surface area contributed by atoms with Crippen LogP contribution >= 0.6 is 0 Å². The topological polar surface area (TPSA) is 38.0 Å². The van der Waals surface area contributed by atoms with Crippen LogP contribution < -0.4 is 15.1 Å². The van der Waals surface area contributed by atoms with Gasteiger partial charge in [-0.3, -0.25) is 4.79 Å². The van der Waals surface area contributed by atoms with Crippen LogP contribution in [-0.2, 0) is 17.5 Å². The highest BCUT2D eigenvalue weighted by molar-refractivity contribution is 5.93. The zero-order chi connectivity index (χ0) is 20.1. The molecule has 1 aliphatic rings. The molecule has 0 aromatic heterocycles. The van der Waals surface area contributed by atoms with E-state index in [0.717, 1.165) is 37.9 Å². The highest BCUT2D eigenvalue weighted by Gasteiger charge is 2.32. The molecule has 4 nitrogen and oxygen atoms in total. The maximum atomic E-state index is 12.9. The van der Waals surface area contributed by atoms with Crippen molar-refractivity contribution in [3.63, 3.8) is 0 Å². The van der Waals surface area contributed by atoms with E-state index < -0.39 is 11.7 Å². The smallest absolute Gasteiger partial charge is 0.322 e. The van der Waals surface area contributed by atoms with E-state index in [1.54, 1.807) is 6.07 Å². The van der Waals surface area contributed by atoms with E-state index in [0.29, 0.717) is 12.1 Å². The van der Waals surface area contributed by atoms with Crippen molar-refractivity contribution in [3.05, 3.63) is 65.7 Å². The van der Waals surface area contributed by atoms with Gasteiger partial charge in [-0.25, -0.2) is 0 Å². The Morgan fingerprint density at radius 3 is 2.36 bits per heavy atom. The molecule has 150 valence electrons. The van der Waals surface area contributed by atoms with Crippen LogP contribution in [0.3, 0.4) is 0 Å². The van der Waals surface area contributed by atoms with Crippen LogP contribution in [0, 0.1) is 0 Å². The van der Waals surface area contributed by atoms with Gasteiger partial charge in [-0.15, -0.1) is 0 Å². The van der Waals surface area contributed by atoms with Gasteiger partial charge in [-0.05, 0) is 31.2 Å². The normalized spacial score (nSPS) is 21.1. The molecule has 1 fully saturated rings. The average molecular weight is 393 g/mol. The summed E-state index contributed by atoms with van der Waals surface area (Å²) in [6, 6.07) is 14.8. The lowest BCUT2D eigenvalue weighted by molar-refractivity contribution is -1.02. The fourth-order valence-electron chi connectivity index (χ4n) is 3.64. The molecule has 1 aliphatic heterocycles. The van der Waals surface area contributed by atoms with Gasteiger partial charge in [-0.2, -0.15) is 13.2 Å². The van der Waals surface area contributed by atoms with Gasteiger partial charge in [-0.1, -0.05) is 30.3 Å². The van der Waals surface area contributed by atoms with Crippen LogP contribution in [0.25, 0.3) is 0 Å². The number of rotatable bonds is 5. The van der Waals surface area contributed by atoms with Crippen molar-refractivity contribution < 1.29 is 27.8 Å². The van der Waals surface area contributed by atoms with Crippen molar-refractivity contribution in [1.82, 2.24) is 0 Å². The minimum Gasteiger partial charge on any atom is -0.322 e. The lowest BCUT2D eigenvalue weighted by Crippen LogP contribution is -3.29. The minimum atomic E-state index is -4.31. The lowest BCUT2D eigenvalue weighted by atomic mass is 10.1. The van der Waals surface area contributed by atoms with E-state index in [4.69, 9.17) is 0 Å². The summed E-state index contributed by atoms with van der Waals surface area (Å²) in [6.45, 7) is 5.78. The monoisotopic (exact) mass is 393 g/mol. The molecular weight excluding hydrogens is 367 g/mol. The van der Waals surface area contributed by atoms with Gasteiger partial charge in [0, 0.05) is 11.3 Å². The van der Waals surface area contributed by atoms with E-state index in [2.05, 4.69) is 5.32 Å². The minimum absolute atomic E-state index is 0.0115. The van der Waals surface area contributed by atoms with Crippen molar-refractivity contribution in [2.45, 2.75) is 25.7 Å². The number of hydrogen-bond acceptors (Lipinski definition) is 1. The molecule has 1 saturated heterocycles. The predicted octanol–water partition coefficient (Wildman–Crippen LogP) is 1.02. The Labute approximate surface area is 162 Å². The summed E-state index contributed by atoms with van der Waals surface area (Å²) in [5, 5.41) is 2.94. The molecule has 1 amide bonds. The molecule has 3 rings (SSSR count). The molecule has 0 radical (unpaired) electrons. The maximum Gasteiger partial charge on any atom is 0.416 e. The molecule has 2 aromatic carbocycles. The van der Waals surface area contributed by atoms with E-state index in [9.17, 15) is 18.0 Å². The highest BCUT2D eigenvalue weighted by atomic mass is 19.4. The number of para-hydroxylation sites is 1.